The van der Waals surface area contributed by atoms with Gasteiger partial charge in [0.1, 0.15) is 23.4 Å². The fourth-order valence-electron chi connectivity index (χ4n) is 3.09. The number of nitrogens with zero attached hydrogens (tertiary/aromatic N) is 4. The highest BCUT2D eigenvalue weighted by Crippen LogP contribution is 2.46. The quantitative estimate of drug-likeness (QED) is 0.506. The Morgan fingerprint density at radius 3 is 2.73 bits per heavy atom. The summed E-state index contributed by atoms with van der Waals surface area (Å²) in [5, 5.41) is 12.4. The van der Waals surface area contributed by atoms with Gasteiger partial charge >= 0.3 is 6.01 Å². The first-order chi connectivity index (χ1) is 14.6. The molecule has 0 spiro atoms. The molecule has 30 heavy (non-hydrogen) atoms. The van der Waals surface area contributed by atoms with Crippen molar-refractivity contribution in [3.63, 3.8) is 0 Å². The summed E-state index contributed by atoms with van der Waals surface area (Å²) in [5.74, 6) is 2.62. The van der Waals surface area contributed by atoms with Gasteiger partial charge in [-0.3, -0.25) is 4.98 Å². The highest BCUT2D eigenvalue weighted by Gasteiger charge is 2.35. The highest BCUT2D eigenvalue weighted by atomic mass is 79.9. The minimum absolute atomic E-state index is 0.0178. The molecule has 8 nitrogen and oxygen atoms in total. The summed E-state index contributed by atoms with van der Waals surface area (Å²) in [7, 11) is 1.60. The van der Waals surface area contributed by atoms with Gasteiger partial charge < -0.3 is 19.5 Å². The molecule has 1 N–H and O–H groups in total. The van der Waals surface area contributed by atoms with Crippen LogP contribution in [0.15, 0.2) is 42.7 Å². The van der Waals surface area contributed by atoms with Crippen LogP contribution in [0.5, 0.6) is 29.1 Å². The Labute approximate surface area is 182 Å². The van der Waals surface area contributed by atoms with E-state index in [1.54, 1.807) is 19.2 Å². The van der Waals surface area contributed by atoms with Gasteiger partial charge in [0, 0.05) is 24.4 Å². The standard InChI is InChI=1S/C21H18BrN5O3/c1-3-16-18(22)17-19(25-16)26-21(30-15-7-12(9-23)10-24-11-15)27-20(17)29-14-6-4-5-13(8-14)28-2/h4-8,10-11,16,18H,3H2,1-2H3,(H,25,26,27). The Morgan fingerprint density at radius 1 is 1.13 bits per heavy atom. The van der Waals surface area contributed by atoms with E-state index in [0.717, 1.165) is 12.0 Å². The number of fused-ring (bicyclic) bond motifs is 1. The van der Waals surface area contributed by atoms with Gasteiger partial charge in [0.05, 0.1) is 29.3 Å². The summed E-state index contributed by atoms with van der Waals surface area (Å²) in [6.45, 7) is 2.09. The number of methoxy groups -OCH3 is 1. The van der Waals surface area contributed by atoms with Crippen LogP contribution in [0.3, 0.4) is 0 Å². The summed E-state index contributed by atoms with van der Waals surface area (Å²) < 4.78 is 17.2. The minimum atomic E-state index is -0.0178. The van der Waals surface area contributed by atoms with Gasteiger partial charge in [0.2, 0.25) is 5.88 Å². The number of pyridine rings is 1. The van der Waals surface area contributed by atoms with E-state index in [0.29, 0.717) is 34.5 Å². The fraction of sp³-hybridized carbons (Fsp3) is 0.238. The van der Waals surface area contributed by atoms with E-state index in [4.69, 9.17) is 19.5 Å². The zero-order valence-electron chi connectivity index (χ0n) is 16.3. The molecule has 2 unspecified atom stereocenters. The molecule has 2 atom stereocenters. The van der Waals surface area contributed by atoms with Crippen LogP contribution in [0.4, 0.5) is 5.82 Å². The second-order valence-electron chi connectivity index (χ2n) is 6.54. The van der Waals surface area contributed by atoms with Gasteiger partial charge in [-0.2, -0.15) is 15.2 Å². The topological polar surface area (TPSA) is 102 Å². The monoisotopic (exact) mass is 467 g/mol. The minimum Gasteiger partial charge on any atom is -0.497 e. The van der Waals surface area contributed by atoms with E-state index >= 15 is 0 Å². The van der Waals surface area contributed by atoms with Gasteiger partial charge in [0.15, 0.2) is 5.75 Å². The molecule has 0 saturated carbocycles. The molecule has 3 aromatic rings. The molecule has 4 rings (SSSR count). The Kier molecular flexibility index (Phi) is 5.68. The van der Waals surface area contributed by atoms with Crippen LogP contribution in [0.1, 0.15) is 29.3 Å². The second kappa shape index (κ2) is 8.55. The molecular weight excluding hydrogens is 450 g/mol. The normalized spacial score (nSPS) is 16.9. The SMILES string of the molecule is CCC1Nc2nc(Oc3cncc(C#N)c3)nc(Oc3cccc(OC)c3)c2C1Br. The molecule has 0 bridgehead atoms. The third-order valence-corrected chi connectivity index (χ3v) is 5.68. The summed E-state index contributed by atoms with van der Waals surface area (Å²) in [6.07, 6.45) is 3.83. The van der Waals surface area contributed by atoms with E-state index in [2.05, 4.69) is 43.1 Å². The number of anilines is 1. The average Bonchev–Trinajstić information content (AvgIpc) is 3.09. The third-order valence-electron chi connectivity index (χ3n) is 4.59. The molecule has 0 saturated heterocycles. The van der Waals surface area contributed by atoms with Crippen LogP contribution in [-0.4, -0.2) is 28.1 Å². The van der Waals surface area contributed by atoms with Crippen LogP contribution in [-0.2, 0) is 0 Å². The van der Waals surface area contributed by atoms with Crippen molar-refractivity contribution >= 4 is 21.7 Å². The number of hydrogen-bond acceptors (Lipinski definition) is 8. The number of benzene rings is 1. The zero-order chi connectivity index (χ0) is 21.1. The first-order valence-electron chi connectivity index (χ1n) is 9.28. The molecule has 0 amide bonds. The van der Waals surface area contributed by atoms with Gasteiger partial charge in [0.25, 0.3) is 0 Å². The van der Waals surface area contributed by atoms with Crippen molar-refractivity contribution in [2.24, 2.45) is 0 Å². The fourth-order valence-corrected chi connectivity index (χ4v) is 4.01. The number of alkyl halides is 1. The summed E-state index contributed by atoms with van der Waals surface area (Å²) >= 11 is 3.73. The summed E-state index contributed by atoms with van der Waals surface area (Å²) in [5.41, 5.74) is 1.20. The summed E-state index contributed by atoms with van der Waals surface area (Å²) in [6, 6.07) is 11.1. The second-order valence-corrected chi connectivity index (χ2v) is 7.53. The van der Waals surface area contributed by atoms with Crippen molar-refractivity contribution in [3.05, 3.63) is 53.9 Å². The molecule has 1 aliphatic rings. The molecule has 0 radical (unpaired) electrons. The maximum absolute atomic E-state index is 9.07. The van der Waals surface area contributed by atoms with Crippen LogP contribution < -0.4 is 19.5 Å². The zero-order valence-corrected chi connectivity index (χ0v) is 17.9. The number of rotatable bonds is 6. The van der Waals surface area contributed by atoms with Crippen molar-refractivity contribution in [2.75, 3.05) is 12.4 Å². The lowest BCUT2D eigenvalue weighted by Crippen LogP contribution is -2.15. The lowest BCUT2D eigenvalue weighted by Gasteiger charge is -2.14. The molecule has 1 aromatic carbocycles. The third kappa shape index (κ3) is 4.00. The number of hydrogen-bond donors (Lipinski definition) is 1. The molecule has 152 valence electrons. The largest absolute Gasteiger partial charge is 0.497 e. The Bertz CT molecular complexity index is 1120. The molecule has 3 heterocycles. The van der Waals surface area contributed by atoms with Crippen molar-refractivity contribution in [1.82, 2.24) is 15.0 Å². The predicted molar refractivity (Wildman–Crippen MR) is 113 cm³/mol. The molecule has 1 aliphatic heterocycles. The first-order valence-corrected chi connectivity index (χ1v) is 10.2. The molecule has 9 heteroatoms. The van der Waals surface area contributed by atoms with Crippen molar-refractivity contribution in [1.29, 1.82) is 5.26 Å². The smallest absolute Gasteiger partial charge is 0.327 e. The molecule has 2 aromatic heterocycles. The molecular formula is C21H18BrN5O3. The van der Waals surface area contributed by atoms with Crippen LogP contribution >= 0.6 is 15.9 Å². The Morgan fingerprint density at radius 2 is 1.97 bits per heavy atom. The van der Waals surface area contributed by atoms with E-state index in [-0.39, 0.29) is 16.9 Å². The number of aromatic nitrogens is 3. The number of nitriles is 1. The molecule has 0 aliphatic carbocycles. The number of halogens is 1. The van der Waals surface area contributed by atoms with E-state index < -0.39 is 0 Å². The Balaban J connectivity index is 1.72. The highest BCUT2D eigenvalue weighted by molar-refractivity contribution is 9.09. The van der Waals surface area contributed by atoms with Crippen molar-refractivity contribution < 1.29 is 14.2 Å². The van der Waals surface area contributed by atoms with Gasteiger partial charge in [-0.1, -0.05) is 28.9 Å². The van der Waals surface area contributed by atoms with Gasteiger partial charge in [-0.05, 0) is 18.6 Å². The maximum Gasteiger partial charge on any atom is 0.327 e. The lowest BCUT2D eigenvalue weighted by molar-refractivity contribution is 0.398. The predicted octanol–water partition coefficient (Wildman–Crippen LogP) is 4.98. The lowest BCUT2D eigenvalue weighted by atomic mass is 10.1. The van der Waals surface area contributed by atoms with Crippen molar-refractivity contribution in [2.45, 2.75) is 24.2 Å². The average molecular weight is 468 g/mol. The van der Waals surface area contributed by atoms with Gasteiger partial charge in [-0.15, -0.1) is 0 Å². The van der Waals surface area contributed by atoms with Crippen LogP contribution in [0.2, 0.25) is 0 Å². The first kappa shape index (κ1) is 19.9. The van der Waals surface area contributed by atoms with E-state index in [1.807, 2.05) is 24.3 Å². The van der Waals surface area contributed by atoms with Crippen LogP contribution in [0.25, 0.3) is 0 Å². The van der Waals surface area contributed by atoms with Crippen LogP contribution in [0, 0.1) is 11.3 Å². The summed E-state index contributed by atoms with van der Waals surface area (Å²) in [4.78, 5) is 13.0. The van der Waals surface area contributed by atoms with E-state index in [1.165, 1.54) is 12.4 Å². The van der Waals surface area contributed by atoms with E-state index in [9.17, 15) is 0 Å². The van der Waals surface area contributed by atoms with Crippen molar-refractivity contribution in [3.8, 4) is 35.2 Å². The number of nitrogens with one attached hydrogen (secondary N) is 1. The maximum atomic E-state index is 9.07. The van der Waals surface area contributed by atoms with Gasteiger partial charge in [-0.25, -0.2) is 0 Å². The number of ether oxygens (including phenoxy) is 3. The Hall–Kier alpha value is -3.38. The molecule has 0 fully saturated rings.